The number of carboxylic acids is 1. The van der Waals surface area contributed by atoms with Gasteiger partial charge in [-0.1, -0.05) is 28.6 Å². The van der Waals surface area contributed by atoms with Crippen molar-refractivity contribution in [2.75, 3.05) is 11.1 Å². The van der Waals surface area contributed by atoms with Crippen molar-refractivity contribution in [3.8, 4) is 0 Å². The summed E-state index contributed by atoms with van der Waals surface area (Å²) in [7, 11) is -3.33. The van der Waals surface area contributed by atoms with Crippen molar-refractivity contribution in [3.63, 3.8) is 0 Å². The predicted molar refractivity (Wildman–Crippen MR) is 130 cm³/mol. The average molecular weight is 524 g/mol. The fraction of sp³-hybridized carbons (Fsp3) is 0.455. The lowest BCUT2D eigenvalue weighted by molar-refractivity contribution is -0.136. The number of sulfone groups is 1. The standard InChI is InChI=1S/C22H25N3O6S3/c26-18(27)11-12-32-19-13-23-22(33-19)24-21(28)20(25-31-15-3-1-2-4-15)14-5-7-16(8-6-14)34(29,30)17-9-10-17/h5-8,13,15,17H,1-4,9-12H2,(H,26,27)(H,23,24,28)/b25-20+. The molecule has 9 nitrogen and oxygen atoms in total. The molecule has 2 N–H and O–H groups in total. The SMILES string of the molecule is O=C(O)CCSc1cnc(NC(=O)/C(=N/OC2CCCC2)c2ccc(S(=O)(=O)C3CC3)cc2)s1. The maximum absolute atomic E-state index is 13.1. The van der Waals surface area contributed by atoms with Gasteiger partial charge in [0.1, 0.15) is 6.10 Å². The third kappa shape index (κ3) is 6.36. The third-order valence-corrected chi connectivity index (χ3v) is 9.88. The van der Waals surface area contributed by atoms with E-state index in [0.717, 1.165) is 29.9 Å². The molecule has 1 aromatic carbocycles. The summed E-state index contributed by atoms with van der Waals surface area (Å²) in [6.07, 6.45) is 6.78. The Labute approximate surface area is 205 Å². The maximum atomic E-state index is 13.1. The van der Waals surface area contributed by atoms with Crippen LogP contribution in [-0.4, -0.2) is 53.2 Å². The van der Waals surface area contributed by atoms with Gasteiger partial charge in [0.15, 0.2) is 20.7 Å². The Morgan fingerprint density at radius 1 is 1.18 bits per heavy atom. The minimum Gasteiger partial charge on any atom is -0.481 e. The second-order valence-corrected chi connectivity index (χ2v) is 12.8. The van der Waals surface area contributed by atoms with Crippen LogP contribution in [0.3, 0.4) is 0 Å². The largest absolute Gasteiger partial charge is 0.481 e. The minimum absolute atomic E-state index is 0.0338. The highest BCUT2D eigenvalue weighted by atomic mass is 32.2. The van der Waals surface area contributed by atoms with Crippen LogP contribution < -0.4 is 5.32 Å². The summed E-state index contributed by atoms with van der Waals surface area (Å²) < 4.78 is 25.8. The van der Waals surface area contributed by atoms with Crippen molar-refractivity contribution < 1.29 is 28.0 Å². The molecule has 2 aliphatic carbocycles. The van der Waals surface area contributed by atoms with Crippen LogP contribution in [0, 0.1) is 0 Å². The Morgan fingerprint density at radius 3 is 2.53 bits per heavy atom. The van der Waals surface area contributed by atoms with Gasteiger partial charge in [-0.3, -0.25) is 14.9 Å². The van der Waals surface area contributed by atoms with Crippen molar-refractivity contribution in [2.45, 2.75) is 65.4 Å². The maximum Gasteiger partial charge on any atom is 0.304 e. The highest BCUT2D eigenvalue weighted by molar-refractivity contribution is 8.01. The lowest BCUT2D eigenvalue weighted by Crippen LogP contribution is -2.25. The Hall–Kier alpha value is -2.44. The van der Waals surface area contributed by atoms with Crippen LogP contribution in [0.4, 0.5) is 5.13 Å². The van der Waals surface area contributed by atoms with E-state index < -0.39 is 21.7 Å². The van der Waals surface area contributed by atoms with Gasteiger partial charge in [-0.25, -0.2) is 13.4 Å². The van der Waals surface area contributed by atoms with Gasteiger partial charge in [-0.2, -0.15) is 0 Å². The molecule has 2 saturated carbocycles. The normalized spacial score (nSPS) is 17.0. The first-order valence-corrected chi connectivity index (χ1v) is 14.4. The Kier molecular flexibility index (Phi) is 7.89. The molecule has 1 heterocycles. The number of benzene rings is 1. The van der Waals surface area contributed by atoms with Crippen molar-refractivity contribution in [1.82, 2.24) is 4.98 Å². The van der Waals surface area contributed by atoms with Crippen LogP contribution in [-0.2, 0) is 24.3 Å². The molecule has 1 amide bonds. The number of aliphatic carboxylic acids is 1. The first-order chi connectivity index (χ1) is 16.3. The van der Waals surface area contributed by atoms with E-state index in [0.29, 0.717) is 29.3 Å². The van der Waals surface area contributed by atoms with Gasteiger partial charge in [-0.15, -0.1) is 11.8 Å². The Balaban J connectivity index is 1.49. The van der Waals surface area contributed by atoms with Crippen molar-refractivity contribution in [3.05, 3.63) is 36.0 Å². The number of hydrogen-bond acceptors (Lipinski definition) is 9. The highest BCUT2D eigenvalue weighted by Crippen LogP contribution is 2.33. The van der Waals surface area contributed by atoms with Crippen molar-refractivity contribution in [2.24, 2.45) is 5.16 Å². The molecule has 0 aliphatic heterocycles. The summed E-state index contributed by atoms with van der Waals surface area (Å²) in [5, 5.41) is 15.7. The van der Waals surface area contributed by atoms with Crippen LogP contribution >= 0.6 is 23.1 Å². The number of carboxylic acid groups (broad SMARTS) is 1. The fourth-order valence-corrected chi connectivity index (χ4v) is 7.03. The van der Waals surface area contributed by atoms with Crippen LogP contribution in [0.5, 0.6) is 0 Å². The number of nitrogens with one attached hydrogen (secondary N) is 1. The van der Waals surface area contributed by atoms with Gasteiger partial charge < -0.3 is 9.94 Å². The van der Waals surface area contributed by atoms with Gasteiger partial charge in [0.2, 0.25) is 0 Å². The van der Waals surface area contributed by atoms with Crippen molar-refractivity contribution in [1.29, 1.82) is 0 Å². The Morgan fingerprint density at radius 2 is 1.88 bits per heavy atom. The number of carbonyl (C=O) groups is 2. The summed E-state index contributed by atoms with van der Waals surface area (Å²) in [5.74, 6) is -0.986. The number of thioether (sulfide) groups is 1. The molecule has 0 unspecified atom stereocenters. The molecule has 0 saturated heterocycles. The van der Waals surface area contributed by atoms with Crippen LogP contribution in [0.2, 0.25) is 0 Å². The molecule has 0 radical (unpaired) electrons. The average Bonchev–Trinajstić information content (AvgIpc) is 3.38. The second kappa shape index (κ2) is 10.9. The number of nitrogens with zero attached hydrogens (tertiary/aromatic N) is 2. The lowest BCUT2D eigenvalue weighted by Gasteiger charge is -2.11. The number of carbonyl (C=O) groups excluding carboxylic acids is 1. The minimum atomic E-state index is -3.33. The molecule has 12 heteroatoms. The summed E-state index contributed by atoms with van der Waals surface area (Å²) in [4.78, 5) is 33.8. The highest BCUT2D eigenvalue weighted by Gasteiger charge is 2.36. The van der Waals surface area contributed by atoms with E-state index in [1.54, 1.807) is 18.3 Å². The van der Waals surface area contributed by atoms with Gasteiger partial charge in [0.25, 0.3) is 5.91 Å². The van der Waals surface area contributed by atoms with E-state index in [4.69, 9.17) is 9.94 Å². The molecule has 0 spiro atoms. The number of rotatable bonds is 11. The number of thiazole rings is 1. The monoisotopic (exact) mass is 523 g/mol. The summed E-state index contributed by atoms with van der Waals surface area (Å²) in [6.45, 7) is 0. The van der Waals surface area contributed by atoms with Crippen LogP contribution in [0.15, 0.2) is 44.7 Å². The third-order valence-electron chi connectivity index (χ3n) is 5.50. The molecule has 4 rings (SSSR count). The number of amides is 1. The van der Waals surface area contributed by atoms with Crippen LogP contribution in [0.1, 0.15) is 50.5 Å². The van der Waals surface area contributed by atoms with E-state index in [1.807, 2.05) is 0 Å². The fourth-order valence-electron chi connectivity index (χ4n) is 3.50. The molecular weight excluding hydrogens is 498 g/mol. The zero-order valence-electron chi connectivity index (χ0n) is 18.3. The first kappa shape index (κ1) is 24.7. The van der Waals surface area contributed by atoms with Gasteiger partial charge in [0, 0.05) is 11.3 Å². The van der Waals surface area contributed by atoms with E-state index in [-0.39, 0.29) is 28.4 Å². The van der Waals surface area contributed by atoms with Crippen molar-refractivity contribution >= 4 is 55.7 Å². The summed E-state index contributed by atoms with van der Waals surface area (Å²) >= 11 is 2.59. The molecule has 2 aromatic rings. The predicted octanol–water partition coefficient (Wildman–Crippen LogP) is 3.95. The Bertz CT molecular complexity index is 1170. The molecule has 0 atom stereocenters. The summed E-state index contributed by atoms with van der Waals surface area (Å²) in [5.41, 5.74) is 0.482. The zero-order valence-corrected chi connectivity index (χ0v) is 20.8. The molecule has 0 bridgehead atoms. The lowest BCUT2D eigenvalue weighted by atomic mass is 10.1. The molecule has 34 heavy (non-hydrogen) atoms. The number of aromatic nitrogens is 1. The molecule has 182 valence electrons. The summed E-state index contributed by atoms with van der Waals surface area (Å²) in [6, 6.07) is 6.14. The smallest absolute Gasteiger partial charge is 0.304 e. The van der Waals surface area contributed by atoms with Gasteiger partial charge in [-0.05, 0) is 50.7 Å². The molecule has 1 aromatic heterocycles. The van der Waals surface area contributed by atoms with Gasteiger partial charge >= 0.3 is 5.97 Å². The van der Waals surface area contributed by atoms with E-state index in [1.165, 1.54) is 35.2 Å². The zero-order chi connectivity index (χ0) is 24.1. The number of anilines is 1. The molecule has 2 aliphatic rings. The molecular formula is C22H25N3O6S3. The van der Waals surface area contributed by atoms with E-state index in [9.17, 15) is 18.0 Å². The first-order valence-electron chi connectivity index (χ1n) is 11.0. The quantitative estimate of drug-likeness (QED) is 0.257. The van der Waals surface area contributed by atoms with E-state index in [2.05, 4.69) is 15.5 Å². The second-order valence-electron chi connectivity index (χ2n) is 8.15. The number of hydrogen-bond donors (Lipinski definition) is 2. The molecule has 2 fully saturated rings. The topological polar surface area (TPSA) is 135 Å². The van der Waals surface area contributed by atoms with Gasteiger partial charge in [0.05, 0.1) is 27.0 Å². The van der Waals surface area contributed by atoms with Crippen LogP contribution in [0.25, 0.3) is 0 Å². The number of oxime groups is 1. The van der Waals surface area contributed by atoms with E-state index >= 15 is 0 Å².